The van der Waals surface area contributed by atoms with E-state index >= 15 is 0 Å². The van der Waals surface area contributed by atoms with Crippen LogP contribution < -0.4 is 10.1 Å². The molecule has 0 aliphatic carbocycles. The highest BCUT2D eigenvalue weighted by atomic mass is 32.2. The standard InChI is InChI=1S/C13H19NO3S2/c1-18-13-5-3-2-4-12(13)17-8-7-14-11-6-9-19(15,16)10-11/h2-5,11,14H,6-10H2,1H3. The van der Waals surface area contributed by atoms with Crippen molar-refractivity contribution in [1.82, 2.24) is 5.32 Å². The second kappa shape index (κ2) is 6.63. The monoisotopic (exact) mass is 301 g/mol. The molecule has 1 fully saturated rings. The lowest BCUT2D eigenvalue weighted by atomic mass is 10.3. The van der Waals surface area contributed by atoms with E-state index in [0.717, 1.165) is 10.6 Å². The summed E-state index contributed by atoms with van der Waals surface area (Å²) in [5.74, 6) is 1.45. The molecule has 2 rings (SSSR count). The summed E-state index contributed by atoms with van der Waals surface area (Å²) in [5, 5.41) is 3.23. The Morgan fingerprint density at radius 1 is 1.42 bits per heavy atom. The first-order valence-electron chi connectivity index (χ1n) is 6.30. The quantitative estimate of drug-likeness (QED) is 0.638. The van der Waals surface area contributed by atoms with Gasteiger partial charge in [0.2, 0.25) is 0 Å². The zero-order valence-corrected chi connectivity index (χ0v) is 12.6. The molecule has 1 unspecified atom stereocenters. The molecule has 0 radical (unpaired) electrons. The summed E-state index contributed by atoms with van der Waals surface area (Å²) in [4.78, 5) is 1.12. The van der Waals surface area contributed by atoms with Crippen LogP contribution in [0.15, 0.2) is 29.2 Å². The molecule has 1 aromatic rings. The van der Waals surface area contributed by atoms with E-state index in [0.29, 0.717) is 25.3 Å². The fourth-order valence-corrected chi connectivity index (χ4v) is 4.37. The first-order chi connectivity index (χ1) is 9.11. The molecule has 0 saturated carbocycles. The number of benzene rings is 1. The van der Waals surface area contributed by atoms with Crippen LogP contribution in [0, 0.1) is 0 Å². The van der Waals surface area contributed by atoms with Crippen LogP contribution in [0.2, 0.25) is 0 Å². The van der Waals surface area contributed by atoms with E-state index in [2.05, 4.69) is 5.32 Å². The van der Waals surface area contributed by atoms with Gasteiger partial charge in [-0.05, 0) is 24.8 Å². The average Bonchev–Trinajstić information content (AvgIpc) is 2.75. The van der Waals surface area contributed by atoms with Crippen molar-refractivity contribution in [2.75, 3.05) is 30.9 Å². The molecular formula is C13H19NO3S2. The van der Waals surface area contributed by atoms with E-state index in [1.165, 1.54) is 0 Å². The number of sulfone groups is 1. The summed E-state index contributed by atoms with van der Waals surface area (Å²) in [6.07, 6.45) is 2.73. The Hall–Kier alpha value is -0.720. The minimum absolute atomic E-state index is 0.0874. The van der Waals surface area contributed by atoms with Gasteiger partial charge in [0.05, 0.1) is 11.5 Å². The molecule has 0 bridgehead atoms. The number of rotatable bonds is 6. The zero-order valence-electron chi connectivity index (χ0n) is 11.0. The minimum Gasteiger partial charge on any atom is -0.491 e. The van der Waals surface area contributed by atoms with Gasteiger partial charge in [-0.15, -0.1) is 11.8 Å². The van der Waals surface area contributed by atoms with Crippen molar-refractivity contribution < 1.29 is 13.2 Å². The molecule has 4 nitrogen and oxygen atoms in total. The summed E-state index contributed by atoms with van der Waals surface area (Å²) >= 11 is 1.65. The molecule has 19 heavy (non-hydrogen) atoms. The maximum atomic E-state index is 11.3. The maximum Gasteiger partial charge on any atom is 0.151 e. The van der Waals surface area contributed by atoms with Crippen LogP contribution in [-0.4, -0.2) is 45.4 Å². The molecule has 106 valence electrons. The highest BCUT2D eigenvalue weighted by molar-refractivity contribution is 7.98. The van der Waals surface area contributed by atoms with Crippen molar-refractivity contribution in [3.8, 4) is 5.75 Å². The van der Waals surface area contributed by atoms with Gasteiger partial charge in [0.15, 0.2) is 9.84 Å². The number of hydrogen-bond acceptors (Lipinski definition) is 5. The van der Waals surface area contributed by atoms with Gasteiger partial charge in [-0.25, -0.2) is 8.42 Å². The van der Waals surface area contributed by atoms with Gasteiger partial charge in [-0.2, -0.15) is 0 Å². The SMILES string of the molecule is CSc1ccccc1OCCNC1CCS(=O)(=O)C1. The number of para-hydroxylation sites is 1. The third-order valence-corrected chi connectivity index (χ3v) is 5.64. The van der Waals surface area contributed by atoms with Gasteiger partial charge < -0.3 is 10.1 Å². The van der Waals surface area contributed by atoms with E-state index in [1.54, 1.807) is 11.8 Å². The number of nitrogens with one attached hydrogen (secondary N) is 1. The topological polar surface area (TPSA) is 55.4 Å². The lowest BCUT2D eigenvalue weighted by Crippen LogP contribution is -2.33. The number of thioether (sulfide) groups is 1. The number of hydrogen-bond donors (Lipinski definition) is 1. The maximum absolute atomic E-state index is 11.3. The molecule has 1 N–H and O–H groups in total. The van der Waals surface area contributed by atoms with E-state index in [1.807, 2.05) is 30.5 Å². The third kappa shape index (κ3) is 4.40. The summed E-state index contributed by atoms with van der Waals surface area (Å²) in [6, 6.07) is 8.00. The summed E-state index contributed by atoms with van der Waals surface area (Å²) < 4.78 is 28.3. The van der Waals surface area contributed by atoms with E-state index in [4.69, 9.17) is 4.74 Å². The summed E-state index contributed by atoms with van der Waals surface area (Å²) in [5.41, 5.74) is 0. The van der Waals surface area contributed by atoms with Gasteiger partial charge in [-0.3, -0.25) is 0 Å². The van der Waals surface area contributed by atoms with E-state index in [9.17, 15) is 8.42 Å². The predicted molar refractivity (Wildman–Crippen MR) is 78.8 cm³/mol. The van der Waals surface area contributed by atoms with Gasteiger partial charge in [0, 0.05) is 17.5 Å². The molecule has 0 aromatic heterocycles. The summed E-state index contributed by atoms with van der Waals surface area (Å²) in [7, 11) is -2.80. The Morgan fingerprint density at radius 2 is 2.21 bits per heavy atom. The molecular weight excluding hydrogens is 282 g/mol. The fraction of sp³-hybridized carbons (Fsp3) is 0.538. The van der Waals surface area contributed by atoms with Crippen LogP contribution in [0.5, 0.6) is 5.75 Å². The number of ether oxygens (including phenoxy) is 1. The smallest absolute Gasteiger partial charge is 0.151 e. The molecule has 1 saturated heterocycles. The average molecular weight is 301 g/mol. The van der Waals surface area contributed by atoms with Crippen molar-refractivity contribution in [2.45, 2.75) is 17.4 Å². The van der Waals surface area contributed by atoms with E-state index < -0.39 is 9.84 Å². The van der Waals surface area contributed by atoms with Crippen LogP contribution in [-0.2, 0) is 9.84 Å². The van der Waals surface area contributed by atoms with Crippen LogP contribution in [0.25, 0.3) is 0 Å². The highest BCUT2D eigenvalue weighted by Crippen LogP contribution is 2.26. The second-order valence-corrected chi connectivity index (χ2v) is 7.63. The molecule has 1 atom stereocenters. The Labute approximate surface area is 118 Å². The van der Waals surface area contributed by atoms with Crippen molar-refractivity contribution in [3.63, 3.8) is 0 Å². The molecule has 6 heteroatoms. The lowest BCUT2D eigenvalue weighted by Gasteiger charge is -2.13. The molecule has 1 aromatic carbocycles. The highest BCUT2D eigenvalue weighted by Gasteiger charge is 2.27. The Bertz CT molecular complexity index is 516. The van der Waals surface area contributed by atoms with E-state index in [-0.39, 0.29) is 11.8 Å². The molecule has 1 aliphatic heterocycles. The fourth-order valence-electron chi connectivity index (χ4n) is 2.12. The molecule has 0 spiro atoms. The van der Waals surface area contributed by atoms with Crippen LogP contribution in [0.3, 0.4) is 0 Å². The Kier molecular flexibility index (Phi) is 5.13. The predicted octanol–water partition coefficient (Wildman–Crippen LogP) is 1.56. The lowest BCUT2D eigenvalue weighted by molar-refractivity contribution is 0.301. The summed E-state index contributed by atoms with van der Waals surface area (Å²) in [6.45, 7) is 1.22. The van der Waals surface area contributed by atoms with Crippen LogP contribution in [0.1, 0.15) is 6.42 Å². The Balaban J connectivity index is 1.72. The van der Waals surface area contributed by atoms with Crippen molar-refractivity contribution in [1.29, 1.82) is 0 Å². The van der Waals surface area contributed by atoms with Gasteiger partial charge in [0.1, 0.15) is 12.4 Å². The first-order valence-corrected chi connectivity index (χ1v) is 9.35. The zero-order chi connectivity index (χ0) is 13.7. The third-order valence-electron chi connectivity index (χ3n) is 3.09. The van der Waals surface area contributed by atoms with Crippen LogP contribution in [0.4, 0.5) is 0 Å². The molecule has 0 amide bonds. The minimum atomic E-state index is -2.80. The first kappa shape index (κ1) is 14.7. The van der Waals surface area contributed by atoms with Crippen molar-refractivity contribution in [2.24, 2.45) is 0 Å². The van der Waals surface area contributed by atoms with Crippen molar-refractivity contribution in [3.05, 3.63) is 24.3 Å². The largest absolute Gasteiger partial charge is 0.491 e. The second-order valence-electron chi connectivity index (χ2n) is 4.55. The molecule has 1 aliphatic rings. The van der Waals surface area contributed by atoms with Crippen LogP contribution >= 0.6 is 11.8 Å². The van der Waals surface area contributed by atoms with Gasteiger partial charge >= 0.3 is 0 Å². The Morgan fingerprint density at radius 3 is 2.89 bits per heavy atom. The normalized spacial score (nSPS) is 21.4. The molecule has 1 heterocycles. The van der Waals surface area contributed by atoms with Crippen molar-refractivity contribution >= 4 is 21.6 Å². The van der Waals surface area contributed by atoms with Gasteiger partial charge in [0.25, 0.3) is 0 Å². The van der Waals surface area contributed by atoms with Gasteiger partial charge in [-0.1, -0.05) is 12.1 Å².